The maximum Gasteiger partial charge on any atom is 0.339 e. The molecule has 0 radical (unpaired) electrons. The number of benzene rings is 1. The summed E-state index contributed by atoms with van der Waals surface area (Å²) in [5.74, 6) is -0.843. The van der Waals surface area contributed by atoms with Crippen LogP contribution < -0.4 is 0 Å². The van der Waals surface area contributed by atoms with Gasteiger partial charge in [-0.2, -0.15) is 0 Å². The van der Waals surface area contributed by atoms with E-state index in [-0.39, 0.29) is 16.7 Å². The van der Waals surface area contributed by atoms with Crippen molar-refractivity contribution < 1.29 is 19.7 Å². The van der Waals surface area contributed by atoms with E-state index in [4.69, 9.17) is 0 Å². The van der Waals surface area contributed by atoms with E-state index in [0.717, 1.165) is 0 Å². The smallest absolute Gasteiger partial charge is 0.339 e. The van der Waals surface area contributed by atoms with Gasteiger partial charge in [0.15, 0.2) is 6.10 Å². The van der Waals surface area contributed by atoms with Gasteiger partial charge in [0, 0.05) is 5.56 Å². The first-order chi connectivity index (χ1) is 7.79. The molecule has 0 heterocycles. The second-order valence-electron chi connectivity index (χ2n) is 4.92. The Bertz CT molecular complexity index is 418. The van der Waals surface area contributed by atoms with Gasteiger partial charge in [0.1, 0.15) is 5.75 Å². The zero-order chi connectivity index (χ0) is 13.2. The van der Waals surface area contributed by atoms with Gasteiger partial charge < -0.3 is 14.9 Å². The summed E-state index contributed by atoms with van der Waals surface area (Å²) in [5.41, 5.74) is 0.581. The highest BCUT2D eigenvalue weighted by atomic mass is 16.5. The molecule has 4 nitrogen and oxygen atoms in total. The van der Waals surface area contributed by atoms with E-state index in [1.165, 1.54) is 13.2 Å². The van der Waals surface area contributed by atoms with Crippen LogP contribution >= 0.6 is 0 Å². The number of hydrogen-bond donors (Lipinski definition) is 2. The second-order valence-corrected chi connectivity index (χ2v) is 4.92. The fourth-order valence-electron chi connectivity index (χ4n) is 1.63. The van der Waals surface area contributed by atoms with Gasteiger partial charge in [-0.05, 0) is 11.0 Å². The summed E-state index contributed by atoms with van der Waals surface area (Å²) >= 11 is 0. The Morgan fingerprint density at radius 2 is 1.94 bits per heavy atom. The van der Waals surface area contributed by atoms with Crippen molar-refractivity contribution in [2.24, 2.45) is 0 Å². The van der Waals surface area contributed by atoms with E-state index in [1.54, 1.807) is 12.1 Å². The predicted molar refractivity (Wildman–Crippen MR) is 63.8 cm³/mol. The molecular formula is C13H18O4. The van der Waals surface area contributed by atoms with Crippen LogP contribution in [0.5, 0.6) is 5.75 Å². The number of ether oxygens (including phenoxy) is 1. The summed E-state index contributed by atoms with van der Waals surface area (Å²) in [4.78, 5) is 11.2. The number of aliphatic hydroxyl groups excluding tert-OH is 1. The highest BCUT2D eigenvalue weighted by Crippen LogP contribution is 2.35. The minimum Gasteiger partial charge on any atom is -0.507 e. The monoisotopic (exact) mass is 238 g/mol. The molecular weight excluding hydrogens is 220 g/mol. The summed E-state index contributed by atoms with van der Waals surface area (Å²) in [5, 5.41) is 19.8. The lowest BCUT2D eigenvalue weighted by Gasteiger charge is -2.22. The van der Waals surface area contributed by atoms with Crippen molar-refractivity contribution in [1.82, 2.24) is 0 Å². The lowest BCUT2D eigenvalue weighted by atomic mass is 9.84. The lowest BCUT2D eigenvalue weighted by Crippen LogP contribution is -2.16. The molecule has 1 aromatic carbocycles. The quantitative estimate of drug-likeness (QED) is 0.772. The molecule has 0 bridgehead atoms. The number of esters is 1. The van der Waals surface area contributed by atoms with Gasteiger partial charge in [-0.25, -0.2) is 4.79 Å². The van der Waals surface area contributed by atoms with Crippen LogP contribution in [-0.2, 0) is 14.9 Å². The molecule has 0 aliphatic heterocycles. The number of aliphatic hydroxyl groups is 1. The van der Waals surface area contributed by atoms with E-state index in [1.807, 2.05) is 20.8 Å². The molecule has 94 valence electrons. The standard InChI is InChI=1S/C13H18O4/c1-13(2,3)9-7-5-6-8(10(9)14)11(15)12(16)17-4/h5-7,11,14-15H,1-4H3. The van der Waals surface area contributed by atoms with E-state index in [2.05, 4.69) is 4.74 Å². The summed E-state index contributed by atoms with van der Waals surface area (Å²) in [6.07, 6.45) is -1.46. The Morgan fingerprint density at radius 3 is 2.41 bits per heavy atom. The molecule has 0 spiro atoms. The molecule has 1 rings (SSSR count). The van der Waals surface area contributed by atoms with Crippen molar-refractivity contribution in [1.29, 1.82) is 0 Å². The number of para-hydroxylation sites is 1. The minimum atomic E-state index is -1.46. The van der Waals surface area contributed by atoms with Crippen molar-refractivity contribution in [3.63, 3.8) is 0 Å². The maximum absolute atomic E-state index is 11.2. The molecule has 1 atom stereocenters. The summed E-state index contributed by atoms with van der Waals surface area (Å²) < 4.78 is 4.45. The molecule has 4 heteroatoms. The first kappa shape index (κ1) is 13.5. The number of rotatable bonds is 2. The number of aromatic hydroxyl groups is 1. The Balaban J connectivity index is 3.24. The molecule has 17 heavy (non-hydrogen) atoms. The fraction of sp³-hybridized carbons (Fsp3) is 0.462. The first-order valence-electron chi connectivity index (χ1n) is 5.37. The van der Waals surface area contributed by atoms with E-state index in [9.17, 15) is 15.0 Å². The highest BCUT2D eigenvalue weighted by molar-refractivity contribution is 5.77. The van der Waals surface area contributed by atoms with Crippen LogP contribution in [0.2, 0.25) is 0 Å². The highest BCUT2D eigenvalue weighted by Gasteiger charge is 2.26. The minimum absolute atomic E-state index is 0.0575. The number of phenols is 1. The van der Waals surface area contributed by atoms with Gasteiger partial charge in [-0.1, -0.05) is 39.0 Å². The number of carbonyl (C=O) groups is 1. The van der Waals surface area contributed by atoms with Crippen LogP contribution in [0, 0.1) is 0 Å². The molecule has 1 unspecified atom stereocenters. The largest absolute Gasteiger partial charge is 0.507 e. The normalized spacial score (nSPS) is 13.2. The van der Waals surface area contributed by atoms with Crippen LogP contribution in [0.4, 0.5) is 0 Å². The average molecular weight is 238 g/mol. The summed E-state index contributed by atoms with van der Waals surface area (Å²) in [6.45, 7) is 5.82. The zero-order valence-electron chi connectivity index (χ0n) is 10.5. The Morgan fingerprint density at radius 1 is 1.35 bits per heavy atom. The van der Waals surface area contributed by atoms with Crippen molar-refractivity contribution in [2.45, 2.75) is 32.3 Å². The van der Waals surface area contributed by atoms with Crippen molar-refractivity contribution in [2.75, 3.05) is 7.11 Å². The Hall–Kier alpha value is -1.55. The van der Waals surface area contributed by atoms with E-state index in [0.29, 0.717) is 5.56 Å². The molecule has 1 aromatic rings. The van der Waals surface area contributed by atoms with Gasteiger partial charge >= 0.3 is 5.97 Å². The molecule has 0 saturated heterocycles. The second kappa shape index (κ2) is 4.75. The fourth-order valence-corrected chi connectivity index (χ4v) is 1.63. The van der Waals surface area contributed by atoms with Gasteiger partial charge in [-0.3, -0.25) is 0 Å². The molecule has 0 aliphatic carbocycles. The molecule has 0 fully saturated rings. The first-order valence-corrected chi connectivity index (χ1v) is 5.37. The van der Waals surface area contributed by atoms with Crippen molar-refractivity contribution in [3.05, 3.63) is 29.3 Å². The summed E-state index contributed by atoms with van der Waals surface area (Å²) in [7, 11) is 1.19. The predicted octanol–water partition coefficient (Wildman–Crippen LogP) is 1.90. The van der Waals surface area contributed by atoms with E-state index < -0.39 is 12.1 Å². The number of phenolic OH excluding ortho intramolecular Hbond substituents is 1. The summed E-state index contributed by atoms with van der Waals surface area (Å²) in [6, 6.07) is 4.97. The van der Waals surface area contributed by atoms with Crippen LogP contribution in [0.3, 0.4) is 0 Å². The average Bonchev–Trinajstić information content (AvgIpc) is 2.25. The molecule has 0 aliphatic rings. The van der Waals surface area contributed by atoms with E-state index >= 15 is 0 Å². The maximum atomic E-state index is 11.2. The van der Waals surface area contributed by atoms with Crippen molar-refractivity contribution >= 4 is 5.97 Å². The number of methoxy groups -OCH3 is 1. The Labute approximate surface area is 101 Å². The lowest BCUT2D eigenvalue weighted by molar-refractivity contribution is -0.150. The Kier molecular flexibility index (Phi) is 3.78. The third-order valence-corrected chi connectivity index (χ3v) is 2.59. The zero-order valence-corrected chi connectivity index (χ0v) is 10.5. The molecule has 0 amide bonds. The van der Waals surface area contributed by atoms with Gasteiger partial charge in [0.05, 0.1) is 7.11 Å². The topological polar surface area (TPSA) is 66.8 Å². The molecule has 2 N–H and O–H groups in total. The number of hydrogen-bond acceptors (Lipinski definition) is 4. The number of carbonyl (C=O) groups excluding carboxylic acids is 1. The van der Waals surface area contributed by atoms with Gasteiger partial charge in [0.2, 0.25) is 0 Å². The van der Waals surface area contributed by atoms with Gasteiger partial charge in [0.25, 0.3) is 0 Å². The van der Waals surface area contributed by atoms with Crippen LogP contribution in [-0.4, -0.2) is 23.3 Å². The van der Waals surface area contributed by atoms with Crippen LogP contribution in [0.1, 0.15) is 38.0 Å². The van der Waals surface area contributed by atoms with Gasteiger partial charge in [-0.15, -0.1) is 0 Å². The SMILES string of the molecule is COC(=O)C(O)c1cccc(C(C)(C)C)c1O. The van der Waals surface area contributed by atoms with Crippen LogP contribution in [0.25, 0.3) is 0 Å². The van der Waals surface area contributed by atoms with Crippen LogP contribution in [0.15, 0.2) is 18.2 Å². The third-order valence-electron chi connectivity index (χ3n) is 2.59. The molecule has 0 aromatic heterocycles. The van der Waals surface area contributed by atoms with Crippen molar-refractivity contribution in [3.8, 4) is 5.75 Å². The third kappa shape index (κ3) is 2.77. The molecule has 0 saturated carbocycles.